The summed E-state index contributed by atoms with van der Waals surface area (Å²) in [6.07, 6.45) is 1.40. The lowest BCUT2D eigenvalue weighted by molar-refractivity contribution is -0.0555. The van der Waals surface area contributed by atoms with Crippen molar-refractivity contribution in [1.29, 1.82) is 0 Å². The Balaban J connectivity index is 1.62. The lowest BCUT2D eigenvalue weighted by Crippen LogP contribution is -2.43. The van der Waals surface area contributed by atoms with Crippen LogP contribution in [0.1, 0.15) is 31.2 Å². The highest BCUT2D eigenvalue weighted by Gasteiger charge is 2.43. The molecule has 0 spiro atoms. The molecule has 4 atom stereocenters. The second-order valence-electron chi connectivity index (χ2n) is 7.71. The molecule has 2 aromatic rings. The quantitative estimate of drug-likeness (QED) is 0.567. The third kappa shape index (κ3) is 3.91. The first-order valence-electron chi connectivity index (χ1n) is 10.1. The van der Waals surface area contributed by atoms with Gasteiger partial charge in [0.25, 0.3) is 5.56 Å². The summed E-state index contributed by atoms with van der Waals surface area (Å²) >= 11 is 0. The molecule has 2 aliphatic heterocycles. The number of nitrogens with zero attached hydrogens (tertiary/aromatic N) is 4. The molecule has 2 aliphatic rings. The van der Waals surface area contributed by atoms with E-state index < -0.39 is 42.4 Å². The van der Waals surface area contributed by atoms with Crippen LogP contribution in [0.15, 0.2) is 40.2 Å². The minimum Gasteiger partial charge on any atom is -0.394 e. The first kappa shape index (κ1) is 20.7. The van der Waals surface area contributed by atoms with E-state index in [0.29, 0.717) is 5.69 Å². The monoisotopic (exact) mass is 418 g/mol. The average Bonchev–Trinajstić information content (AvgIpc) is 3.06. The van der Waals surface area contributed by atoms with Gasteiger partial charge in [-0.1, -0.05) is 0 Å². The van der Waals surface area contributed by atoms with E-state index in [9.17, 15) is 24.9 Å². The van der Waals surface area contributed by atoms with Gasteiger partial charge in [-0.15, -0.1) is 0 Å². The zero-order chi connectivity index (χ0) is 21.3. The Morgan fingerprint density at radius 1 is 1.10 bits per heavy atom. The minimum absolute atomic E-state index is 0.0328. The van der Waals surface area contributed by atoms with Crippen molar-refractivity contribution in [1.82, 2.24) is 14.1 Å². The van der Waals surface area contributed by atoms with Crippen LogP contribution in [-0.2, 0) is 11.3 Å². The third-order valence-electron chi connectivity index (χ3n) is 5.73. The van der Waals surface area contributed by atoms with Crippen LogP contribution in [0, 0.1) is 0 Å². The van der Waals surface area contributed by atoms with Crippen LogP contribution in [-0.4, -0.2) is 67.4 Å². The van der Waals surface area contributed by atoms with Crippen LogP contribution < -0.4 is 16.1 Å². The molecule has 2 aromatic heterocycles. The van der Waals surface area contributed by atoms with Gasteiger partial charge in [0, 0.05) is 37.2 Å². The van der Waals surface area contributed by atoms with Crippen LogP contribution in [0.25, 0.3) is 0 Å². The molecular formula is C20H26N4O6. The lowest BCUT2D eigenvalue weighted by atomic mass is 10.1. The molecule has 2 saturated heterocycles. The number of aliphatic hydroxyl groups is 3. The van der Waals surface area contributed by atoms with E-state index in [-0.39, 0.29) is 6.54 Å². The number of hydrogen-bond acceptors (Lipinski definition) is 8. The van der Waals surface area contributed by atoms with E-state index in [1.165, 1.54) is 18.7 Å². The summed E-state index contributed by atoms with van der Waals surface area (Å²) in [7, 11) is 0. The first-order chi connectivity index (χ1) is 14.5. The summed E-state index contributed by atoms with van der Waals surface area (Å²) in [5.41, 5.74) is 0.374. The maximum Gasteiger partial charge on any atom is 0.333 e. The summed E-state index contributed by atoms with van der Waals surface area (Å²) < 4.78 is 7.49. The Morgan fingerprint density at radius 3 is 2.57 bits per heavy atom. The number of rotatable bonds is 5. The van der Waals surface area contributed by atoms with Crippen LogP contribution in [0.3, 0.4) is 0 Å². The highest BCUT2D eigenvalue weighted by molar-refractivity contribution is 5.46. The number of aromatic nitrogens is 3. The zero-order valence-corrected chi connectivity index (χ0v) is 16.5. The Kier molecular flexibility index (Phi) is 6.00. The van der Waals surface area contributed by atoms with Crippen molar-refractivity contribution < 1.29 is 20.1 Å². The van der Waals surface area contributed by atoms with Gasteiger partial charge in [0.1, 0.15) is 18.3 Å². The van der Waals surface area contributed by atoms with Crippen molar-refractivity contribution in [2.75, 3.05) is 24.6 Å². The Hall–Kier alpha value is -2.53. The van der Waals surface area contributed by atoms with E-state index in [2.05, 4.69) is 9.88 Å². The molecule has 10 heteroatoms. The standard InChI is InChI=1S/C20H26N4O6/c25-12-15-17(27)18(28)19(30-15)23-9-5-16(26)24(20(23)29)11-13-10-14(4-6-21-13)22-7-2-1-3-8-22/h4-6,9-10,15,17-19,25,27-28H,1-3,7-8,11-12H2/t15-,17+,18+,19-/m1/s1. The molecular weight excluding hydrogens is 392 g/mol. The molecule has 30 heavy (non-hydrogen) atoms. The molecule has 2 fully saturated rings. The normalized spacial score (nSPS) is 26.8. The van der Waals surface area contributed by atoms with Gasteiger partial charge in [-0.25, -0.2) is 4.79 Å². The maximum absolute atomic E-state index is 13.0. The number of piperidine rings is 1. The molecule has 0 aliphatic carbocycles. The second-order valence-corrected chi connectivity index (χ2v) is 7.71. The number of hydrogen-bond donors (Lipinski definition) is 3. The van der Waals surface area contributed by atoms with Gasteiger partial charge in [0.15, 0.2) is 6.23 Å². The van der Waals surface area contributed by atoms with Crippen LogP contribution in [0.5, 0.6) is 0 Å². The van der Waals surface area contributed by atoms with E-state index >= 15 is 0 Å². The topological polar surface area (TPSA) is 130 Å². The maximum atomic E-state index is 13.0. The fourth-order valence-electron chi connectivity index (χ4n) is 4.04. The smallest absolute Gasteiger partial charge is 0.333 e. The molecule has 10 nitrogen and oxygen atoms in total. The number of aliphatic hydroxyl groups excluding tert-OH is 3. The van der Waals surface area contributed by atoms with Gasteiger partial charge in [-0.3, -0.25) is 18.9 Å². The van der Waals surface area contributed by atoms with Crippen molar-refractivity contribution in [2.24, 2.45) is 0 Å². The molecule has 0 saturated carbocycles. The van der Waals surface area contributed by atoms with Gasteiger partial charge < -0.3 is 25.0 Å². The summed E-state index contributed by atoms with van der Waals surface area (Å²) in [5.74, 6) is 0. The molecule has 3 N–H and O–H groups in total. The Bertz CT molecular complexity index is 999. The number of pyridine rings is 1. The van der Waals surface area contributed by atoms with E-state index in [1.54, 1.807) is 6.20 Å². The van der Waals surface area contributed by atoms with E-state index in [4.69, 9.17) is 4.74 Å². The highest BCUT2D eigenvalue weighted by Crippen LogP contribution is 2.28. The van der Waals surface area contributed by atoms with Crippen LogP contribution >= 0.6 is 0 Å². The van der Waals surface area contributed by atoms with Gasteiger partial charge >= 0.3 is 5.69 Å². The molecule has 0 unspecified atom stereocenters. The number of ether oxygens (including phenoxy) is 1. The summed E-state index contributed by atoms with van der Waals surface area (Å²) in [6, 6.07) is 4.99. The average molecular weight is 418 g/mol. The molecule has 0 aromatic carbocycles. The minimum atomic E-state index is -1.41. The summed E-state index contributed by atoms with van der Waals surface area (Å²) in [4.78, 5) is 31.9. The van der Waals surface area contributed by atoms with Gasteiger partial charge in [0.05, 0.1) is 18.8 Å². The lowest BCUT2D eigenvalue weighted by Gasteiger charge is -2.29. The fraction of sp³-hybridized carbons (Fsp3) is 0.550. The third-order valence-corrected chi connectivity index (χ3v) is 5.73. The van der Waals surface area contributed by atoms with Crippen LogP contribution in [0.4, 0.5) is 5.69 Å². The van der Waals surface area contributed by atoms with Crippen molar-refractivity contribution in [2.45, 2.75) is 50.3 Å². The fourth-order valence-corrected chi connectivity index (χ4v) is 4.04. The van der Waals surface area contributed by atoms with Crippen LogP contribution in [0.2, 0.25) is 0 Å². The van der Waals surface area contributed by atoms with Crippen molar-refractivity contribution >= 4 is 5.69 Å². The Morgan fingerprint density at radius 2 is 1.87 bits per heavy atom. The number of anilines is 1. The molecule has 4 rings (SSSR count). The second kappa shape index (κ2) is 8.68. The molecule has 0 radical (unpaired) electrons. The van der Waals surface area contributed by atoms with Crippen molar-refractivity contribution in [3.63, 3.8) is 0 Å². The largest absolute Gasteiger partial charge is 0.394 e. The highest BCUT2D eigenvalue weighted by atomic mass is 16.6. The summed E-state index contributed by atoms with van der Waals surface area (Å²) in [6.45, 7) is 1.39. The molecule has 0 amide bonds. The summed E-state index contributed by atoms with van der Waals surface area (Å²) in [5, 5.41) is 29.4. The van der Waals surface area contributed by atoms with E-state index in [0.717, 1.165) is 40.8 Å². The molecule has 4 heterocycles. The SMILES string of the molecule is O=c1ccn([C@@H]2O[C@H](CO)[C@H](O)[C@@H]2O)c(=O)n1Cc1cc(N2CCCCC2)ccn1. The molecule has 0 bridgehead atoms. The zero-order valence-electron chi connectivity index (χ0n) is 16.5. The van der Waals surface area contributed by atoms with E-state index in [1.807, 2.05) is 12.1 Å². The predicted octanol–water partition coefficient (Wildman–Crippen LogP) is -0.945. The predicted molar refractivity (Wildman–Crippen MR) is 107 cm³/mol. The van der Waals surface area contributed by atoms with Crippen molar-refractivity contribution in [3.8, 4) is 0 Å². The van der Waals surface area contributed by atoms with Gasteiger partial charge in [0.2, 0.25) is 0 Å². The molecule has 162 valence electrons. The first-order valence-corrected chi connectivity index (χ1v) is 10.1. The van der Waals surface area contributed by atoms with Gasteiger partial charge in [-0.2, -0.15) is 0 Å². The van der Waals surface area contributed by atoms with Gasteiger partial charge in [-0.05, 0) is 31.4 Å². The Labute approximate surface area is 172 Å². The van der Waals surface area contributed by atoms with Crippen molar-refractivity contribution in [3.05, 3.63) is 57.1 Å².